The molecule has 0 spiro atoms. The van der Waals surface area contributed by atoms with Gasteiger partial charge in [0.2, 0.25) is 0 Å². The Morgan fingerprint density at radius 1 is 1.45 bits per heavy atom. The van der Waals surface area contributed by atoms with E-state index in [4.69, 9.17) is 16.0 Å². The maximum absolute atomic E-state index is 5.84. The number of aryl methyl sites for hydroxylation is 1. The highest BCUT2D eigenvalue weighted by molar-refractivity contribution is 6.34. The number of oxazole rings is 1. The van der Waals surface area contributed by atoms with Gasteiger partial charge >= 0.3 is 0 Å². The zero-order valence-corrected chi connectivity index (χ0v) is 6.72. The summed E-state index contributed by atoms with van der Waals surface area (Å²) in [5, 5.41) is 0.614. The first-order valence-electron chi connectivity index (χ1n) is 3.29. The molecule has 2 aromatic rings. The summed E-state index contributed by atoms with van der Waals surface area (Å²) in [5.41, 5.74) is 1.49. The fraction of sp³-hybridized carbons (Fsp3) is 0.125. The lowest BCUT2D eigenvalue weighted by Gasteiger charge is -1.86. The van der Waals surface area contributed by atoms with Crippen LogP contribution in [-0.2, 0) is 0 Å². The second kappa shape index (κ2) is 2.24. The van der Waals surface area contributed by atoms with E-state index in [2.05, 4.69) is 4.98 Å². The number of para-hydroxylation sites is 1. The second-order valence-corrected chi connectivity index (χ2v) is 2.73. The van der Waals surface area contributed by atoms with Gasteiger partial charge in [-0.3, -0.25) is 0 Å². The molecule has 1 aromatic heterocycles. The number of rotatable bonds is 0. The fourth-order valence-corrected chi connectivity index (χ4v) is 1.23. The molecule has 11 heavy (non-hydrogen) atoms. The van der Waals surface area contributed by atoms with Crippen LogP contribution in [0.15, 0.2) is 22.6 Å². The van der Waals surface area contributed by atoms with Gasteiger partial charge in [-0.25, -0.2) is 4.98 Å². The van der Waals surface area contributed by atoms with Crippen LogP contribution in [0.1, 0.15) is 5.89 Å². The predicted octanol–water partition coefficient (Wildman–Crippen LogP) is 2.79. The van der Waals surface area contributed by atoms with E-state index in [1.807, 2.05) is 12.1 Å². The molecular formula is C8H6ClNO. The molecule has 0 radical (unpaired) electrons. The highest BCUT2D eigenvalue weighted by Gasteiger charge is 2.03. The van der Waals surface area contributed by atoms with Crippen molar-refractivity contribution in [2.75, 3.05) is 0 Å². The Bertz CT molecular complexity index is 394. The van der Waals surface area contributed by atoms with E-state index in [1.54, 1.807) is 13.0 Å². The predicted molar refractivity (Wildman–Crippen MR) is 43.8 cm³/mol. The monoisotopic (exact) mass is 167 g/mol. The maximum Gasteiger partial charge on any atom is 0.192 e. The van der Waals surface area contributed by atoms with Crippen molar-refractivity contribution in [3.8, 4) is 0 Å². The normalized spacial score (nSPS) is 10.7. The summed E-state index contributed by atoms with van der Waals surface area (Å²) < 4.78 is 5.26. The first-order valence-corrected chi connectivity index (χ1v) is 3.67. The Kier molecular flexibility index (Phi) is 1.36. The van der Waals surface area contributed by atoms with Crippen molar-refractivity contribution in [2.45, 2.75) is 6.92 Å². The quantitative estimate of drug-likeness (QED) is 0.603. The molecule has 0 amide bonds. The van der Waals surface area contributed by atoms with E-state index in [1.165, 1.54) is 0 Å². The van der Waals surface area contributed by atoms with Gasteiger partial charge in [0.25, 0.3) is 0 Å². The van der Waals surface area contributed by atoms with Gasteiger partial charge in [-0.15, -0.1) is 0 Å². The summed E-state index contributed by atoms with van der Waals surface area (Å²) >= 11 is 5.84. The molecule has 0 fully saturated rings. The van der Waals surface area contributed by atoms with Gasteiger partial charge in [-0.2, -0.15) is 0 Å². The van der Waals surface area contributed by atoms with Crippen LogP contribution in [0.4, 0.5) is 0 Å². The van der Waals surface area contributed by atoms with Crippen LogP contribution in [0.5, 0.6) is 0 Å². The molecule has 0 atom stereocenters. The van der Waals surface area contributed by atoms with Crippen molar-refractivity contribution in [1.29, 1.82) is 0 Å². The van der Waals surface area contributed by atoms with Gasteiger partial charge in [-0.05, 0) is 12.1 Å². The zero-order chi connectivity index (χ0) is 7.84. The minimum atomic E-state index is 0.614. The molecule has 1 heterocycles. The molecule has 2 nitrogen and oxygen atoms in total. The van der Waals surface area contributed by atoms with E-state index in [-0.39, 0.29) is 0 Å². The van der Waals surface area contributed by atoms with Crippen molar-refractivity contribution in [3.05, 3.63) is 29.1 Å². The topological polar surface area (TPSA) is 26.0 Å². The van der Waals surface area contributed by atoms with Crippen LogP contribution in [-0.4, -0.2) is 4.98 Å². The number of hydrogen-bond donors (Lipinski definition) is 0. The van der Waals surface area contributed by atoms with E-state index in [0.29, 0.717) is 16.5 Å². The fourth-order valence-electron chi connectivity index (χ4n) is 1.03. The summed E-state index contributed by atoms with van der Waals surface area (Å²) in [6.07, 6.45) is 0. The molecule has 0 aliphatic rings. The summed E-state index contributed by atoms with van der Waals surface area (Å²) in [5.74, 6) is 0.646. The summed E-state index contributed by atoms with van der Waals surface area (Å²) in [6.45, 7) is 1.80. The molecule has 0 saturated carbocycles. The minimum Gasteiger partial charge on any atom is -0.439 e. The van der Waals surface area contributed by atoms with Crippen LogP contribution in [0, 0.1) is 6.92 Å². The maximum atomic E-state index is 5.84. The van der Waals surface area contributed by atoms with E-state index >= 15 is 0 Å². The molecule has 0 saturated heterocycles. The highest BCUT2D eigenvalue weighted by Crippen LogP contribution is 2.23. The smallest absolute Gasteiger partial charge is 0.192 e. The number of hydrogen-bond acceptors (Lipinski definition) is 2. The van der Waals surface area contributed by atoms with E-state index < -0.39 is 0 Å². The lowest BCUT2D eigenvalue weighted by atomic mass is 10.3. The molecule has 2 rings (SSSR count). The largest absolute Gasteiger partial charge is 0.439 e. The average molecular weight is 168 g/mol. The van der Waals surface area contributed by atoms with Gasteiger partial charge in [-0.1, -0.05) is 17.7 Å². The molecular weight excluding hydrogens is 162 g/mol. The van der Waals surface area contributed by atoms with E-state index in [9.17, 15) is 0 Å². The third-order valence-corrected chi connectivity index (χ3v) is 1.77. The molecule has 56 valence electrons. The molecule has 0 N–H and O–H groups in total. The molecule has 0 bridgehead atoms. The van der Waals surface area contributed by atoms with Crippen LogP contribution in [0.2, 0.25) is 5.02 Å². The van der Waals surface area contributed by atoms with Crippen molar-refractivity contribution < 1.29 is 4.42 Å². The zero-order valence-electron chi connectivity index (χ0n) is 5.97. The van der Waals surface area contributed by atoms with Crippen LogP contribution in [0.25, 0.3) is 11.1 Å². The van der Waals surface area contributed by atoms with Crippen molar-refractivity contribution in [3.63, 3.8) is 0 Å². The lowest BCUT2D eigenvalue weighted by molar-refractivity contribution is 0.561. The summed E-state index contributed by atoms with van der Waals surface area (Å²) in [7, 11) is 0. The second-order valence-electron chi connectivity index (χ2n) is 2.32. The Morgan fingerprint density at radius 2 is 2.27 bits per heavy atom. The Labute approximate surface area is 68.8 Å². The summed E-state index contributed by atoms with van der Waals surface area (Å²) in [6, 6.07) is 5.51. The summed E-state index contributed by atoms with van der Waals surface area (Å²) in [4.78, 5) is 4.12. The van der Waals surface area contributed by atoms with Gasteiger partial charge < -0.3 is 4.42 Å². The molecule has 0 aliphatic carbocycles. The van der Waals surface area contributed by atoms with Crippen LogP contribution < -0.4 is 0 Å². The van der Waals surface area contributed by atoms with Crippen molar-refractivity contribution in [2.24, 2.45) is 0 Å². The standard InChI is InChI=1S/C8H6ClNO/c1-5-10-7-4-2-3-6(9)8(7)11-5/h2-4H,1H3. The van der Waals surface area contributed by atoms with E-state index in [0.717, 1.165) is 5.52 Å². The Hall–Kier alpha value is -1.02. The molecule has 3 heteroatoms. The Balaban J connectivity index is 2.90. The number of nitrogens with zero attached hydrogens (tertiary/aromatic N) is 1. The van der Waals surface area contributed by atoms with Gasteiger partial charge in [0.1, 0.15) is 5.52 Å². The van der Waals surface area contributed by atoms with Crippen molar-refractivity contribution >= 4 is 22.7 Å². The van der Waals surface area contributed by atoms with Gasteiger partial charge in [0, 0.05) is 6.92 Å². The minimum absolute atomic E-state index is 0.614. The number of aromatic nitrogens is 1. The van der Waals surface area contributed by atoms with Crippen LogP contribution in [0.3, 0.4) is 0 Å². The molecule has 0 aliphatic heterocycles. The van der Waals surface area contributed by atoms with Gasteiger partial charge in [0.05, 0.1) is 5.02 Å². The number of halogens is 1. The molecule has 1 aromatic carbocycles. The van der Waals surface area contributed by atoms with Gasteiger partial charge in [0.15, 0.2) is 11.5 Å². The van der Waals surface area contributed by atoms with Crippen molar-refractivity contribution in [1.82, 2.24) is 4.98 Å². The third-order valence-electron chi connectivity index (χ3n) is 1.47. The third kappa shape index (κ3) is 0.994. The first-order chi connectivity index (χ1) is 5.27. The highest BCUT2D eigenvalue weighted by atomic mass is 35.5. The lowest BCUT2D eigenvalue weighted by Crippen LogP contribution is -1.67. The Morgan fingerprint density at radius 3 is 3.00 bits per heavy atom. The SMILES string of the molecule is Cc1nc2cccc(Cl)c2o1. The number of fused-ring (bicyclic) bond motifs is 1. The average Bonchev–Trinajstić information content (AvgIpc) is 2.31. The first kappa shape index (κ1) is 6.68. The number of benzene rings is 1. The van der Waals surface area contributed by atoms with Crippen LogP contribution >= 0.6 is 11.6 Å². The molecule has 0 unspecified atom stereocenters.